The number of nitrogens with one attached hydrogen (secondary N) is 1. The van der Waals surface area contributed by atoms with Gasteiger partial charge in [-0.1, -0.05) is 27.7 Å². The van der Waals surface area contributed by atoms with Crippen LogP contribution < -0.4 is 5.32 Å². The van der Waals surface area contributed by atoms with Gasteiger partial charge < -0.3 is 5.32 Å². The lowest BCUT2D eigenvalue weighted by Gasteiger charge is -2.30. The first-order valence-corrected chi connectivity index (χ1v) is 5.74. The van der Waals surface area contributed by atoms with Gasteiger partial charge in [0.2, 0.25) is 5.91 Å². The van der Waals surface area contributed by atoms with Crippen LogP contribution in [0.5, 0.6) is 0 Å². The van der Waals surface area contributed by atoms with Crippen molar-refractivity contribution in [2.24, 2.45) is 11.3 Å². The van der Waals surface area contributed by atoms with E-state index < -0.39 is 18.1 Å². The molecule has 3 nitrogen and oxygen atoms in total. The molecular weight excluding hydrogens is 209 g/mol. The zero-order chi connectivity index (χ0) is 12.5. The standard InChI is InChI=1S/C12H20FNO2/c1-5-9(15)10(12(2,3)4)14-11(16)7-6-8(7)13/h7-8,10H,5-6H2,1-4H3,(H,14,16). The fourth-order valence-corrected chi connectivity index (χ4v) is 1.67. The van der Waals surface area contributed by atoms with Crippen LogP contribution in [0.15, 0.2) is 0 Å². The molecule has 1 rings (SSSR count). The van der Waals surface area contributed by atoms with E-state index in [0.29, 0.717) is 12.8 Å². The maximum Gasteiger partial charge on any atom is 0.226 e. The van der Waals surface area contributed by atoms with Gasteiger partial charge in [-0.25, -0.2) is 4.39 Å². The van der Waals surface area contributed by atoms with E-state index in [4.69, 9.17) is 0 Å². The Kier molecular flexibility index (Phi) is 3.71. The fraction of sp³-hybridized carbons (Fsp3) is 0.833. The fourth-order valence-electron chi connectivity index (χ4n) is 1.67. The summed E-state index contributed by atoms with van der Waals surface area (Å²) in [4.78, 5) is 23.3. The number of amides is 1. The Morgan fingerprint density at radius 1 is 1.44 bits per heavy atom. The van der Waals surface area contributed by atoms with E-state index in [9.17, 15) is 14.0 Å². The summed E-state index contributed by atoms with van der Waals surface area (Å²) in [5.41, 5.74) is -0.330. The molecule has 1 N–H and O–H groups in total. The lowest BCUT2D eigenvalue weighted by atomic mass is 9.83. The highest BCUT2D eigenvalue weighted by atomic mass is 19.1. The Morgan fingerprint density at radius 3 is 2.25 bits per heavy atom. The molecule has 3 unspecified atom stereocenters. The molecule has 1 amide bonds. The minimum atomic E-state index is -1.02. The van der Waals surface area contributed by atoms with Crippen molar-refractivity contribution in [1.29, 1.82) is 0 Å². The summed E-state index contributed by atoms with van der Waals surface area (Å²) >= 11 is 0. The Morgan fingerprint density at radius 2 is 1.94 bits per heavy atom. The number of rotatable bonds is 4. The molecule has 16 heavy (non-hydrogen) atoms. The number of Topliss-reactive ketones (excluding diaryl/α,β-unsaturated/α-hetero) is 1. The van der Waals surface area contributed by atoms with Crippen molar-refractivity contribution >= 4 is 11.7 Å². The van der Waals surface area contributed by atoms with Gasteiger partial charge in [0.1, 0.15) is 6.17 Å². The minimum Gasteiger partial charge on any atom is -0.345 e. The molecule has 1 aliphatic rings. The molecule has 0 radical (unpaired) electrons. The van der Waals surface area contributed by atoms with E-state index in [1.165, 1.54) is 0 Å². The molecule has 0 spiro atoms. The van der Waals surface area contributed by atoms with Gasteiger partial charge >= 0.3 is 0 Å². The molecule has 0 saturated heterocycles. The lowest BCUT2D eigenvalue weighted by Crippen LogP contribution is -2.49. The summed E-state index contributed by atoms with van der Waals surface area (Å²) in [5, 5.41) is 2.67. The van der Waals surface area contributed by atoms with Gasteiger partial charge in [-0.05, 0) is 11.8 Å². The van der Waals surface area contributed by atoms with Crippen LogP contribution >= 0.6 is 0 Å². The number of halogens is 1. The van der Waals surface area contributed by atoms with Crippen LogP contribution in [0.25, 0.3) is 0 Å². The molecule has 1 saturated carbocycles. The SMILES string of the molecule is CCC(=O)C(NC(=O)C1CC1F)C(C)(C)C. The van der Waals surface area contributed by atoms with Crippen molar-refractivity contribution in [2.45, 2.75) is 52.8 Å². The van der Waals surface area contributed by atoms with Crippen molar-refractivity contribution in [3.63, 3.8) is 0 Å². The maximum absolute atomic E-state index is 12.7. The molecule has 0 bridgehead atoms. The molecular formula is C12H20FNO2. The monoisotopic (exact) mass is 229 g/mol. The third kappa shape index (κ3) is 3.03. The second kappa shape index (κ2) is 4.52. The van der Waals surface area contributed by atoms with E-state index in [0.717, 1.165) is 0 Å². The van der Waals surface area contributed by atoms with Crippen LogP contribution in [0.1, 0.15) is 40.5 Å². The highest BCUT2D eigenvalue weighted by Gasteiger charge is 2.45. The topological polar surface area (TPSA) is 46.2 Å². The van der Waals surface area contributed by atoms with Crippen molar-refractivity contribution in [3.8, 4) is 0 Å². The molecule has 3 atom stereocenters. The molecule has 1 aliphatic carbocycles. The van der Waals surface area contributed by atoms with Gasteiger partial charge in [0.15, 0.2) is 5.78 Å². The highest BCUT2D eigenvalue weighted by Crippen LogP contribution is 2.34. The third-order valence-electron chi connectivity index (χ3n) is 2.87. The van der Waals surface area contributed by atoms with Crippen LogP contribution in [0.3, 0.4) is 0 Å². The van der Waals surface area contributed by atoms with E-state index in [1.807, 2.05) is 20.8 Å². The van der Waals surface area contributed by atoms with E-state index in [1.54, 1.807) is 6.92 Å². The van der Waals surface area contributed by atoms with Crippen molar-refractivity contribution in [3.05, 3.63) is 0 Å². The summed E-state index contributed by atoms with van der Waals surface area (Å²) in [5.74, 6) is -0.861. The van der Waals surface area contributed by atoms with Crippen LogP contribution in [0.2, 0.25) is 0 Å². The Bertz CT molecular complexity index is 296. The van der Waals surface area contributed by atoms with Gasteiger partial charge in [0.25, 0.3) is 0 Å². The third-order valence-corrected chi connectivity index (χ3v) is 2.87. The van der Waals surface area contributed by atoms with Gasteiger partial charge in [-0.3, -0.25) is 9.59 Å². The van der Waals surface area contributed by atoms with Crippen LogP contribution in [-0.4, -0.2) is 23.9 Å². The predicted octanol–water partition coefficient (Wildman–Crippen LogP) is 1.85. The molecule has 0 aromatic heterocycles. The number of hydrogen-bond donors (Lipinski definition) is 1. The second-order valence-electron chi connectivity index (χ2n) is 5.49. The average molecular weight is 229 g/mol. The summed E-state index contributed by atoms with van der Waals surface area (Å²) < 4.78 is 12.7. The quantitative estimate of drug-likeness (QED) is 0.799. The highest BCUT2D eigenvalue weighted by molar-refractivity contribution is 5.91. The Balaban J connectivity index is 2.64. The van der Waals surface area contributed by atoms with Crippen molar-refractivity contribution in [2.75, 3.05) is 0 Å². The van der Waals surface area contributed by atoms with Crippen LogP contribution in [0, 0.1) is 11.3 Å². The lowest BCUT2D eigenvalue weighted by molar-refractivity contribution is -0.131. The Labute approximate surface area is 95.8 Å². The molecule has 0 aromatic carbocycles. The van der Waals surface area contributed by atoms with Crippen LogP contribution in [0.4, 0.5) is 4.39 Å². The molecule has 4 heteroatoms. The molecule has 0 aromatic rings. The van der Waals surface area contributed by atoms with Gasteiger partial charge in [-0.2, -0.15) is 0 Å². The zero-order valence-electron chi connectivity index (χ0n) is 10.3. The first kappa shape index (κ1) is 13.1. The number of alkyl halides is 1. The number of hydrogen-bond acceptors (Lipinski definition) is 2. The summed E-state index contributed by atoms with van der Waals surface area (Å²) in [6.45, 7) is 7.45. The van der Waals surface area contributed by atoms with Crippen molar-refractivity contribution in [1.82, 2.24) is 5.32 Å². The smallest absolute Gasteiger partial charge is 0.226 e. The predicted molar refractivity (Wildman–Crippen MR) is 59.7 cm³/mol. The van der Waals surface area contributed by atoms with Gasteiger partial charge in [-0.15, -0.1) is 0 Å². The van der Waals surface area contributed by atoms with Crippen LogP contribution in [-0.2, 0) is 9.59 Å². The summed E-state index contributed by atoms with van der Waals surface area (Å²) in [7, 11) is 0. The summed E-state index contributed by atoms with van der Waals surface area (Å²) in [6.07, 6.45) is -0.341. The largest absolute Gasteiger partial charge is 0.345 e. The second-order valence-corrected chi connectivity index (χ2v) is 5.49. The number of carbonyl (C=O) groups is 2. The maximum atomic E-state index is 12.7. The van der Waals surface area contributed by atoms with Gasteiger partial charge in [0.05, 0.1) is 12.0 Å². The molecule has 0 heterocycles. The van der Waals surface area contributed by atoms with E-state index >= 15 is 0 Å². The zero-order valence-corrected chi connectivity index (χ0v) is 10.3. The first-order valence-electron chi connectivity index (χ1n) is 5.74. The van der Waals surface area contributed by atoms with Gasteiger partial charge in [0, 0.05) is 6.42 Å². The Hall–Kier alpha value is -0.930. The molecule has 0 aliphatic heterocycles. The van der Waals surface area contributed by atoms with Crippen molar-refractivity contribution < 1.29 is 14.0 Å². The number of carbonyl (C=O) groups excluding carboxylic acids is 2. The van der Waals surface area contributed by atoms with E-state index in [2.05, 4.69) is 5.32 Å². The first-order chi connectivity index (χ1) is 7.27. The van der Waals surface area contributed by atoms with E-state index in [-0.39, 0.29) is 17.1 Å². The molecule has 92 valence electrons. The average Bonchev–Trinajstić information content (AvgIpc) is 2.88. The normalized spacial score (nSPS) is 26.1. The minimum absolute atomic E-state index is 0.00286. The summed E-state index contributed by atoms with van der Waals surface area (Å²) in [6, 6.07) is -0.516. The number of ketones is 1. The molecule has 1 fully saturated rings.